The van der Waals surface area contributed by atoms with E-state index in [2.05, 4.69) is 73.9 Å². The molecule has 176 valence electrons. The zero-order valence-corrected chi connectivity index (χ0v) is 21.6. The van der Waals surface area contributed by atoms with Gasteiger partial charge in [-0.25, -0.2) is 0 Å². The monoisotopic (exact) mass is 453 g/mol. The summed E-state index contributed by atoms with van der Waals surface area (Å²) in [6, 6.07) is 6.90. The predicted molar refractivity (Wildman–Crippen MR) is 144 cm³/mol. The smallest absolute Gasteiger partial charge is 0.0771 e. The van der Waals surface area contributed by atoms with E-state index in [1.165, 1.54) is 73.4 Å². The lowest BCUT2D eigenvalue weighted by molar-refractivity contribution is 0.339. The van der Waals surface area contributed by atoms with E-state index in [9.17, 15) is 0 Å². The molecule has 0 fully saturated rings. The lowest BCUT2D eigenvalue weighted by atomic mass is 10.1. The average Bonchev–Trinajstić information content (AvgIpc) is 2.82. The lowest BCUT2D eigenvalue weighted by Gasteiger charge is -2.31. The fourth-order valence-electron chi connectivity index (χ4n) is 4.27. The summed E-state index contributed by atoms with van der Waals surface area (Å²) in [7, 11) is 0. The number of unbranched alkanes of at least 4 members (excludes halogenated alkanes) is 4. The first-order valence-corrected chi connectivity index (χ1v) is 13.9. The molecule has 1 aliphatic heterocycles. The first-order valence-electron chi connectivity index (χ1n) is 13.0. The summed E-state index contributed by atoms with van der Waals surface area (Å²) in [6.45, 7) is 13.7. The Morgan fingerprint density at radius 3 is 1.97 bits per heavy atom. The zero-order valence-electron chi connectivity index (χ0n) is 20.8. The van der Waals surface area contributed by atoms with Gasteiger partial charge in [0.2, 0.25) is 0 Å². The van der Waals surface area contributed by atoms with E-state index in [1.807, 2.05) is 11.8 Å². The van der Waals surface area contributed by atoms with Crippen LogP contribution in [0, 0.1) is 0 Å². The maximum atomic E-state index is 5.04. The number of fused-ring (bicyclic) bond motifs is 2. The topological polar surface area (TPSA) is 18.8 Å². The molecule has 1 atom stereocenters. The van der Waals surface area contributed by atoms with Gasteiger partial charge >= 0.3 is 0 Å². The van der Waals surface area contributed by atoms with Crippen LogP contribution in [0.2, 0.25) is 0 Å². The highest BCUT2D eigenvalue weighted by atomic mass is 32.2. The average molecular weight is 454 g/mol. The highest BCUT2D eigenvalue weighted by Gasteiger charge is 2.25. The molecular formula is C28H43N3S. The molecule has 0 saturated heterocycles. The summed E-state index contributed by atoms with van der Waals surface area (Å²) in [5.41, 5.74) is 5.07. The fraction of sp³-hybridized carbons (Fsp3) is 0.607. The molecule has 0 spiro atoms. The summed E-state index contributed by atoms with van der Waals surface area (Å²) >= 11 is 1.98. The molecule has 0 saturated carbocycles. The van der Waals surface area contributed by atoms with Gasteiger partial charge in [-0.05, 0) is 62.1 Å². The maximum Gasteiger partial charge on any atom is 0.0771 e. The van der Waals surface area contributed by atoms with Crippen molar-refractivity contribution < 1.29 is 0 Å². The minimum atomic E-state index is 0.322. The Balaban J connectivity index is 1.79. The Morgan fingerprint density at radius 1 is 0.781 bits per heavy atom. The second kappa shape index (κ2) is 13.1. The van der Waals surface area contributed by atoms with Crippen LogP contribution in [0.1, 0.15) is 79.1 Å². The highest BCUT2D eigenvalue weighted by Crippen LogP contribution is 2.42. The van der Waals surface area contributed by atoms with Gasteiger partial charge in [-0.15, -0.1) is 11.8 Å². The molecule has 1 aromatic carbocycles. The SMILES string of the molecule is CCCCN(CCCC)C1=CC2Sc3cc(N(CCCC)CCCC)ccc3N=C2C=C1. The van der Waals surface area contributed by atoms with Crippen LogP contribution in [0.3, 0.4) is 0 Å². The molecule has 0 aromatic heterocycles. The van der Waals surface area contributed by atoms with E-state index in [4.69, 9.17) is 4.99 Å². The van der Waals surface area contributed by atoms with Crippen LogP contribution in [0.4, 0.5) is 11.4 Å². The highest BCUT2D eigenvalue weighted by molar-refractivity contribution is 8.01. The van der Waals surface area contributed by atoms with Gasteiger partial charge in [0.05, 0.1) is 16.6 Å². The fourth-order valence-corrected chi connectivity index (χ4v) is 5.42. The summed E-state index contributed by atoms with van der Waals surface area (Å²) in [6.07, 6.45) is 17.0. The largest absolute Gasteiger partial charge is 0.372 e. The van der Waals surface area contributed by atoms with E-state index >= 15 is 0 Å². The quantitative estimate of drug-likeness (QED) is 0.284. The Morgan fingerprint density at radius 2 is 1.38 bits per heavy atom. The van der Waals surface area contributed by atoms with Gasteiger partial charge in [0.25, 0.3) is 0 Å². The van der Waals surface area contributed by atoms with Gasteiger partial charge in [-0.3, -0.25) is 4.99 Å². The van der Waals surface area contributed by atoms with Gasteiger partial charge < -0.3 is 9.80 Å². The van der Waals surface area contributed by atoms with Crippen molar-refractivity contribution in [1.29, 1.82) is 0 Å². The lowest BCUT2D eigenvalue weighted by Crippen LogP contribution is -2.29. The second-order valence-electron chi connectivity index (χ2n) is 9.04. The number of nitrogens with zero attached hydrogens (tertiary/aromatic N) is 3. The predicted octanol–water partition coefficient (Wildman–Crippen LogP) is 8.00. The van der Waals surface area contributed by atoms with Crippen LogP contribution in [-0.4, -0.2) is 42.0 Å². The minimum absolute atomic E-state index is 0.322. The number of aliphatic imine (C=N–C) groups is 1. The minimum Gasteiger partial charge on any atom is -0.372 e. The van der Waals surface area contributed by atoms with Crippen molar-refractivity contribution in [3.05, 3.63) is 42.1 Å². The van der Waals surface area contributed by atoms with Crippen molar-refractivity contribution in [2.45, 2.75) is 89.2 Å². The summed E-state index contributed by atoms with van der Waals surface area (Å²) < 4.78 is 0. The van der Waals surface area contributed by atoms with Crippen LogP contribution >= 0.6 is 11.8 Å². The molecule has 3 rings (SSSR count). The molecule has 3 nitrogen and oxygen atoms in total. The van der Waals surface area contributed by atoms with Crippen LogP contribution in [0.15, 0.2) is 52.0 Å². The van der Waals surface area contributed by atoms with Crippen molar-refractivity contribution in [3.8, 4) is 0 Å². The number of rotatable bonds is 14. The number of anilines is 1. The summed E-state index contributed by atoms with van der Waals surface area (Å²) in [5, 5.41) is 0.322. The number of thioether (sulfide) groups is 1. The van der Waals surface area contributed by atoms with Crippen molar-refractivity contribution in [3.63, 3.8) is 0 Å². The van der Waals surface area contributed by atoms with Crippen molar-refractivity contribution >= 4 is 28.8 Å². The summed E-state index contributed by atoms with van der Waals surface area (Å²) in [5.74, 6) is 0. The molecule has 0 radical (unpaired) electrons. The van der Waals surface area contributed by atoms with Crippen LogP contribution in [0.5, 0.6) is 0 Å². The number of hydrogen-bond donors (Lipinski definition) is 0. The van der Waals surface area contributed by atoms with Crippen LogP contribution in [-0.2, 0) is 0 Å². The molecule has 0 N–H and O–H groups in total. The maximum absolute atomic E-state index is 5.04. The molecular weight excluding hydrogens is 410 g/mol. The van der Waals surface area contributed by atoms with Crippen molar-refractivity contribution in [2.75, 3.05) is 31.1 Å². The van der Waals surface area contributed by atoms with E-state index in [0.717, 1.165) is 31.9 Å². The molecule has 0 amide bonds. The van der Waals surface area contributed by atoms with Gasteiger partial charge in [-0.1, -0.05) is 53.4 Å². The molecule has 1 unspecified atom stereocenters. The first-order chi connectivity index (χ1) is 15.7. The molecule has 32 heavy (non-hydrogen) atoms. The van der Waals surface area contributed by atoms with Crippen LogP contribution in [0.25, 0.3) is 0 Å². The van der Waals surface area contributed by atoms with Crippen molar-refractivity contribution in [2.24, 2.45) is 4.99 Å². The molecule has 1 aromatic rings. The molecule has 1 heterocycles. The second-order valence-corrected chi connectivity index (χ2v) is 10.2. The van der Waals surface area contributed by atoms with Gasteiger partial charge in [0.15, 0.2) is 0 Å². The van der Waals surface area contributed by atoms with Gasteiger partial charge in [0, 0.05) is 42.5 Å². The Labute approximate surface area is 201 Å². The van der Waals surface area contributed by atoms with E-state index in [-0.39, 0.29) is 0 Å². The van der Waals surface area contributed by atoms with Gasteiger partial charge in [0.1, 0.15) is 0 Å². The van der Waals surface area contributed by atoms with E-state index in [1.54, 1.807) is 0 Å². The molecule has 2 aliphatic rings. The van der Waals surface area contributed by atoms with E-state index < -0.39 is 0 Å². The zero-order chi connectivity index (χ0) is 22.8. The Hall–Kier alpha value is -1.68. The third-order valence-corrected chi connectivity index (χ3v) is 7.55. The van der Waals surface area contributed by atoms with Crippen molar-refractivity contribution in [1.82, 2.24) is 4.90 Å². The first kappa shape index (κ1) is 25.0. The number of hydrogen-bond acceptors (Lipinski definition) is 4. The van der Waals surface area contributed by atoms with E-state index in [0.29, 0.717) is 5.25 Å². The Kier molecular flexibility index (Phi) is 10.2. The molecule has 4 heteroatoms. The normalized spacial score (nSPS) is 16.8. The third-order valence-electron chi connectivity index (χ3n) is 6.34. The molecule has 1 aliphatic carbocycles. The van der Waals surface area contributed by atoms with Gasteiger partial charge in [-0.2, -0.15) is 0 Å². The summed E-state index contributed by atoms with van der Waals surface area (Å²) in [4.78, 5) is 11.5. The standard InChI is InChI=1S/C28H43N3S/c1-5-9-17-30(18-10-6-2)23-13-15-25-27(21-23)32-28-22-24(14-16-26(28)29-25)31(19-11-7-3)20-12-8-4/h13-16,21-22,27H,5-12,17-20H2,1-4H3. The number of allylic oxidation sites excluding steroid dienone is 2. The van der Waals surface area contributed by atoms with Crippen LogP contribution < -0.4 is 4.90 Å². The molecule has 0 bridgehead atoms. The number of benzene rings is 1. The third kappa shape index (κ3) is 6.66. The Bertz CT molecular complexity index is 795.